The first kappa shape index (κ1) is 20.9. The Balaban J connectivity index is 1.79. The van der Waals surface area contributed by atoms with E-state index in [1.54, 1.807) is 24.3 Å². The van der Waals surface area contributed by atoms with Gasteiger partial charge in [0.1, 0.15) is 10.8 Å². The monoisotopic (exact) mass is 416 g/mol. The number of amides is 3. The van der Waals surface area contributed by atoms with Crippen LogP contribution in [0.15, 0.2) is 24.3 Å². The van der Waals surface area contributed by atoms with Crippen LogP contribution in [0.5, 0.6) is 5.75 Å². The van der Waals surface area contributed by atoms with Crippen molar-refractivity contribution in [3.8, 4) is 5.75 Å². The lowest BCUT2D eigenvalue weighted by Gasteiger charge is -2.10. The number of anilines is 1. The lowest BCUT2D eigenvalue weighted by molar-refractivity contribution is 0.0937. The van der Waals surface area contributed by atoms with Crippen LogP contribution in [0, 0.1) is 0 Å². The minimum Gasteiger partial charge on any atom is -0.494 e. The fraction of sp³-hybridized carbons (Fsp3) is 0.381. The molecule has 3 rings (SSSR count). The van der Waals surface area contributed by atoms with Gasteiger partial charge in [-0.1, -0.05) is 19.4 Å². The van der Waals surface area contributed by atoms with E-state index in [1.807, 2.05) is 0 Å². The van der Waals surface area contributed by atoms with Crippen LogP contribution in [-0.4, -0.2) is 31.6 Å². The number of imide groups is 1. The van der Waals surface area contributed by atoms with Gasteiger partial charge >= 0.3 is 6.09 Å². The lowest BCUT2D eigenvalue weighted by Crippen LogP contribution is -2.31. The fourth-order valence-corrected chi connectivity index (χ4v) is 4.46. The Labute approximate surface area is 173 Å². The van der Waals surface area contributed by atoms with Crippen LogP contribution in [0.1, 0.15) is 57.3 Å². The van der Waals surface area contributed by atoms with Crippen molar-refractivity contribution in [2.24, 2.45) is 0 Å². The molecule has 0 spiro atoms. The van der Waals surface area contributed by atoms with Crippen LogP contribution in [-0.2, 0) is 17.6 Å². The van der Waals surface area contributed by atoms with E-state index in [2.05, 4.69) is 22.3 Å². The van der Waals surface area contributed by atoms with Crippen molar-refractivity contribution in [2.75, 3.05) is 19.0 Å². The molecule has 1 aliphatic carbocycles. The van der Waals surface area contributed by atoms with Crippen molar-refractivity contribution in [3.63, 3.8) is 0 Å². The van der Waals surface area contributed by atoms with E-state index in [-0.39, 0.29) is 5.91 Å². The van der Waals surface area contributed by atoms with Gasteiger partial charge in [-0.15, -0.1) is 11.3 Å². The van der Waals surface area contributed by atoms with Crippen LogP contribution in [0.3, 0.4) is 0 Å². The SMILES string of the molecule is CCCCOc1cccc(C(=O)Nc2sc3c(c2C(=O)NC(=O)OC)CCC3)c1. The summed E-state index contributed by atoms with van der Waals surface area (Å²) in [7, 11) is 1.19. The molecule has 0 unspecified atom stereocenters. The number of unbranched alkanes of at least 4 members (excludes halogenated alkanes) is 1. The highest BCUT2D eigenvalue weighted by molar-refractivity contribution is 7.17. The normalized spacial score (nSPS) is 12.2. The highest BCUT2D eigenvalue weighted by Crippen LogP contribution is 2.39. The van der Waals surface area contributed by atoms with Gasteiger partial charge in [-0.05, 0) is 49.4 Å². The van der Waals surface area contributed by atoms with Crippen molar-refractivity contribution in [1.82, 2.24) is 5.32 Å². The summed E-state index contributed by atoms with van der Waals surface area (Å²) in [5.41, 5.74) is 1.67. The van der Waals surface area contributed by atoms with Crippen LogP contribution in [0.4, 0.5) is 9.80 Å². The fourth-order valence-electron chi connectivity index (χ4n) is 3.18. The Hall–Kier alpha value is -2.87. The second-order valence-corrected chi connectivity index (χ2v) is 7.80. The number of fused-ring (bicyclic) bond motifs is 1. The van der Waals surface area contributed by atoms with Gasteiger partial charge in [0, 0.05) is 10.4 Å². The molecular formula is C21H24N2O5S. The predicted molar refractivity (Wildman–Crippen MR) is 111 cm³/mol. The number of rotatable bonds is 7. The summed E-state index contributed by atoms with van der Waals surface area (Å²) in [6.45, 7) is 2.68. The molecule has 8 heteroatoms. The van der Waals surface area contributed by atoms with Gasteiger partial charge in [0.05, 0.1) is 19.3 Å². The molecule has 0 radical (unpaired) electrons. The molecule has 0 fully saturated rings. The summed E-state index contributed by atoms with van der Waals surface area (Å²) < 4.78 is 10.2. The van der Waals surface area contributed by atoms with Crippen molar-refractivity contribution in [3.05, 3.63) is 45.8 Å². The number of carbonyl (C=O) groups is 3. The molecule has 0 aliphatic heterocycles. The number of hydrogen-bond acceptors (Lipinski definition) is 6. The quantitative estimate of drug-likeness (QED) is 0.661. The van der Waals surface area contributed by atoms with E-state index in [4.69, 9.17) is 4.74 Å². The van der Waals surface area contributed by atoms with Gasteiger partial charge in [0.2, 0.25) is 0 Å². The van der Waals surface area contributed by atoms with E-state index >= 15 is 0 Å². The molecule has 2 N–H and O–H groups in total. The zero-order valence-electron chi connectivity index (χ0n) is 16.5. The van der Waals surface area contributed by atoms with Crippen molar-refractivity contribution >= 4 is 34.2 Å². The zero-order chi connectivity index (χ0) is 20.8. The number of alkyl carbamates (subject to hydrolysis) is 1. The molecule has 1 aromatic carbocycles. The molecule has 1 aliphatic rings. The number of ether oxygens (including phenoxy) is 2. The van der Waals surface area contributed by atoms with Gasteiger partial charge in [-0.25, -0.2) is 4.79 Å². The van der Waals surface area contributed by atoms with E-state index in [0.29, 0.717) is 28.5 Å². The Morgan fingerprint density at radius 2 is 2.00 bits per heavy atom. The van der Waals surface area contributed by atoms with Crippen molar-refractivity contribution in [1.29, 1.82) is 0 Å². The number of aryl methyl sites for hydroxylation is 1. The number of carbonyl (C=O) groups excluding carboxylic acids is 3. The number of hydrogen-bond donors (Lipinski definition) is 2. The summed E-state index contributed by atoms with van der Waals surface area (Å²) in [5, 5.41) is 5.47. The maximum Gasteiger partial charge on any atom is 0.413 e. The highest BCUT2D eigenvalue weighted by atomic mass is 32.1. The summed E-state index contributed by atoms with van der Waals surface area (Å²) in [6, 6.07) is 6.94. The van der Waals surface area contributed by atoms with Gasteiger partial charge in [-0.2, -0.15) is 0 Å². The predicted octanol–water partition coefficient (Wildman–Crippen LogP) is 4.16. The molecule has 0 bridgehead atoms. The minimum absolute atomic E-state index is 0.335. The molecule has 1 aromatic heterocycles. The summed E-state index contributed by atoms with van der Waals surface area (Å²) in [4.78, 5) is 37.9. The molecule has 2 aromatic rings. The third-order valence-electron chi connectivity index (χ3n) is 4.64. The molecule has 0 saturated carbocycles. The van der Waals surface area contributed by atoms with E-state index < -0.39 is 12.0 Å². The van der Waals surface area contributed by atoms with Crippen LogP contribution >= 0.6 is 11.3 Å². The van der Waals surface area contributed by atoms with Gasteiger partial charge < -0.3 is 14.8 Å². The average molecular weight is 416 g/mol. The molecular weight excluding hydrogens is 392 g/mol. The molecule has 0 saturated heterocycles. The zero-order valence-corrected chi connectivity index (χ0v) is 17.3. The number of methoxy groups -OCH3 is 1. The molecule has 7 nitrogen and oxygen atoms in total. The first-order valence-corrected chi connectivity index (χ1v) is 10.4. The van der Waals surface area contributed by atoms with Gasteiger partial charge in [-0.3, -0.25) is 14.9 Å². The largest absolute Gasteiger partial charge is 0.494 e. The van der Waals surface area contributed by atoms with E-state index in [1.165, 1.54) is 18.4 Å². The number of thiophene rings is 1. The van der Waals surface area contributed by atoms with Crippen LogP contribution in [0.2, 0.25) is 0 Å². The molecule has 3 amide bonds. The first-order chi connectivity index (χ1) is 14.0. The molecule has 154 valence electrons. The van der Waals surface area contributed by atoms with Crippen molar-refractivity contribution in [2.45, 2.75) is 39.0 Å². The smallest absolute Gasteiger partial charge is 0.413 e. The van der Waals surface area contributed by atoms with Crippen LogP contribution < -0.4 is 15.4 Å². The standard InChI is InChI=1S/C21H24N2O5S/c1-3-4-11-28-14-8-5-7-13(12-14)18(24)22-20-17(19(25)23-21(26)27-2)15-9-6-10-16(15)29-20/h5,7-8,12H,3-4,6,9-11H2,1-2H3,(H,22,24)(H,23,25,26). The third kappa shape index (κ3) is 4.95. The summed E-state index contributed by atoms with van der Waals surface area (Å²) >= 11 is 1.38. The maximum absolute atomic E-state index is 12.8. The van der Waals surface area contributed by atoms with Gasteiger partial charge in [0.25, 0.3) is 11.8 Å². The topological polar surface area (TPSA) is 93.7 Å². The highest BCUT2D eigenvalue weighted by Gasteiger charge is 2.28. The third-order valence-corrected chi connectivity index (χ3v) is 5.85. The second-order valence-electron chi connectivity index (χ2n) is 6.69. The molecule has 0 atom stereocenters. The number of nitrogens with one attached hydrogen (secondary N) is 2. The lowest BCUT2D eigenvalue weighted by atomic mass is 10.1. The summed E-state index contributed by atoms with van der Waals surface area (Å²) in [6.07, 6.45) is 3.68. The van der Waals surface area contributed by atoms with Gasteiger partial charge in [0.15, 0.2) is 0 Å². The maximum atomic E-state index is 12.8. The Morgan fingerprint density at radius 1 is 1.17 bits per heavy atom. The average Bonchev–Trinajstić information content (AvgIpc) is 3.29. The Morgan fingerprint density at radius 3 is 2.76 bits per heavy atom. The van der Waals surface area contributed by atoms with Crippen molar-refractivity contribution < 1.29 is 23.9 Å². The molecule has 1 heterocycles. The Bertz CT molecular complexity index is 922. The summed E-state index contributed by atoms with van der Waals surface area (Å²) in [5.74, 6) is -0.274. The van der Waals surface area contributed by atoms with Crippen LogP contribution in [0.25, 0.3) is 0 Å². The Kier molecular flexibility index (Phi) is 6.87. The first-order valence-electron chi connectivity index (χ1n) is 9.61. The van der Waals surface area contributed by atoms with E-state index in [9.17, 15) is 14.4 Å². The second kappa shape index (κ2) is 9.56. The van der Waals surface area contributed by atoms with E-state index in [0.717, 1.165) is 42.5 Å². The molecule has 29 heavy (non-hydrogen) atoms. The number of benzene rings is 1. The minimum atomic E-state index is -0.831.